The molecule has 3 heterocycles. The molecule has 81 heavy (non-hydrogen) atoms. The summed E-state index contributed by atoms with van der Waals surface area (Å²) in [7, 11) is 0. The molecule has 404 valence electrons. The molecular formula is C76H74N4O. The molecule has 0 saturated carbocycles. The molecule has 1 aliphatic heterocycles. The zero-order valence-electron chi connectivity index (χ0n) is 49.1. The van der Waals surface area contributed by atoms with Gasteiger partial charge in [-0.1, -0.05) is 247 Å². The van der Waals surface area contributed by atoms with E-state index in [1.165, 1.54) is 5.56 Å². The number of phenolic OH excluding ortho intramolecular Hbond substituents is 1. The molecule has 0 radical (unpaired) electrons. The average molecular weight is 1060 g/mol. The number of imidazole rings is 1. The second-order valence-corrected chi connectivity index (χ2v) is 25.8. The van der Waals surface area contributed by atoms with E-state index < -0.39 is 0 Å². The zero-order valence-corrected chi connectivity index (χ0v) is 49.1. The maximum absolute atomic E-state index is 12.9. The highest BCUT2D eigenvalue weighted by atomic mass is 16.3. The number of rotatable bonds is 9. The minimum Gasteiger partial charge on any atom is -0.507 e. The summed E-state index contributed by atoms with van der Waals surface area (Å²) in [6.45, 7) is 26.9. The molecule has 1 aliphatic rings. The monoisotopic (exact) mass is 1060 g/mol. The van der Waals surface area contributed by atoms with E-state index in [0.29, 0.717) is 11.4 Å². The number of hydrogen-bond donors (Lipinski definition) is 2. The Morgan fingerprint density at radius 2 is 0.951 bits per heavy atom. The third kappa shape index (κ3) is 10.7. The minimum absolute atomic E-state index is 0.114. The van der Waals surface area contributed by atoms with Gasteiger partial charge in [0.2, 0.25) is 0 Å². The van der Waals surface area contributed by atoms with Gasteiger partial charge in [-0.2, -0.15) is 0 Å². The molecule has 0 atom stereocenters. The van der Waals surface area contributed by atoms with Crippen LogP contribution in [0, 0.1) is 0 Å². The predicted octanol–water partition coefficient (Wildman–Crippen LogP) is 19.6. The highest BCUT2D eigenvalue weighted by Gasteiger charge is 2.31. The second-order valence-electron chi connectivity index (χ2n) is 25.8. The largest absolute Gasteiger partial charge is 0.507 e. The molecular weight excluding hydrogens is 985 g/mol. The Morgan fingerprint density at radius 1 is 0.444 bits per heavy atom. The lowest BCUT2D eigenvalue weighted by Crippen LogP contribution is -2.17. The summed E-state index contributed by atoms with van der Waals surface area (Å²) < 4.78 is 2.29. The Kier molecular flexibility index (Phi) is 14.1. The molecule has 0 unspecified atom stereocenters. The fraction of sp³-hybridized carbons (Fsp3) is 0.211. The molecule has 0 bridgehead atoms. The Labute approximate surface area is 480 Å². The number of phenols is 1. The van der Waals surface area contributed by atoms with Gasteiger partial charge in [0.25, 0.3) is 0 Å². The number of para-hydroxylation sites is 1. The molecule has 0 aliphatic carbocycles. The summed E-state index contributed by atoms with van der Waals surface area (Å²) in [6.07, 6.45) is 6.48. The number of benzene rings is 8. The fourth-order valence-corrected chi connectivity index (χ4v) is 11.2. The van der Waals surface area contributed by atoms with Crippen LogP contribution in [0.25, 0.3) is 83.9 Å². The lowest BCUT2D eigenvalue weighted by Gasteiger charge is -2.28. The summed E-state index contributed by atoms with van der Waals surface area (Å²) in [5, 5.41) is 16.6. The highest BCUT2D eigenvalue weighted by molar-refractivity contribution is 6.01. The number of nitrogens with one attached hydrogen (secondary N) is 1. The summed E-state index contributed by atoms with van der Waals surface area (Å²) >= 11 is 0. The minimum atomic E-state index is -0.370. The van der Waals surface area contributed by atoms with Crippen molar-refractivity contribution in [3.63, 3.8) is 0 Å². The van der Waals surface area contributed by atoms with Gasteiger partial charge in [-0.25, -0.2) is 9.97 Å². The van der Waals surface area contributed by atoms with Gasteiger partial charge in [-0.15, -0.1) is 0 Å². The van der Waals surface area contributed by atoms with E-state index in [4.69, 9.17) is 9.97 Å². The van der Waals surface area contributed by atoms with Gasteiger partial charge in [0.05, 0.1) is 33.7 Å². The van der Waals surface area contributed by atoms with Crippen LogP contribution in [0.2, 0.25) is 0 Å². The van der Waals surface area contributed by atoms with E-state index in [2.05, 4.69) is 312 Å². The molecule has 5 nitrogen and oxygen atoms in total. The second kappa shape index (κ2) is 21.0. The van der Waals surface area contributed by atoms with Gasteiger partial charge in [0, 0.05) is 39.7 Å². The molecule has 8 aromatic carbocycles. The van der Waals surface area contributed by atoms with Crippen molar-refractivity contribution in [3.8, 4) is 67.5 Å². The number of nitrogens with zero attached hydrogens (tertiary/aromatic N) is 3. The Balaban J connectivity index is 1.26. The molecule has 10 aromatic rings. The van der Waals surface area contributed by atoms with Crippen molar-refractivity contribution in [2.45, 2.75) is 105 Å². The SMILES string of the molecule is CC(C)(C)c1cc(/C(=C2/C=C(c3ccccc3)C=CN2)c2c(-c3ccccc3)cccc2-c2ccccc2)nc(-c2cccc3c2nc(-c2cc(C(C)(C)C)cc(C(C)(C)C)c2O)n3-c2ccc(C(C)(C)C)cc2-c2ccccc2)c1. The van der Waals surface area contributed by atoms with Gasteiger partial charge in [0.1, 0.15) is 11.6 Å². The molecule has 0 saturated heterocycles. The lowest BCUT2D eigenvalue weighted by molar-refractivity contribution is 0.446. The van der Waals surface area contributed by atoms with Crippen molar-refractivity contribution in [2.24, 2.45) is 0 Å². The van der Waals surface area contributed by atoms with Gasteiger partial charge >= 0.3 is 0 Å². The maximum atomic E-state index is 12.9. The lowest BCUT2D eigenvalue weighted by atomic mass is 9.79. The van der Waals surface area contributed by atoms with E-state index in [1.807, 2.05) is 0 Å². The van der Waals surface area contributed by atoms with E-state index in [9.17, 15) is 5.11 Å². The van der Waals surface area contributed by atoms with Crippen molar-refractivity contribution >= 4 is 22.2 Å². The fourth-order valence-electron chi connectivity index (χ4n) is 11.2. The predicted molar refractivity (Wildman–Crippen MR) is 342 cm³/mol. The van der Waals surface area contributed by atoms with Crippen LogP contribution in [0.5, 0.6) is 5.75 Å². The van der Waals surface area contributed by atoms with Gasteiger partial charge in [-0.05, 0) is 126 Å². The molecule has 0 fully saturated rings. The van der Waals surface area contributed by atoms with E-state index in [-0.39, 0.29) is 27.4 Å². The number of dihydropyridines is 1. The van der Waals surface area contributed by atoms with Crippen LogP contribution in [-0.2, 0) is 21.7 Å². The molecule has 0 amide bonds. The van der Waals surface area contributed by atoms with E-state index in [0.717, 1.165) is 112 Å². The summed E-state index contributed by atoms with van der Waals surface area (Å²) in [4.78, 5) is 11.8. The van der Waals surface area contributed by atoms with E-state index in [1.54, 1.807) is 0 Å². The maximum Gasteiger partial charge on any atom is 0.149 e. The first-order valence-corrected chi connectivity index (χ1v) is 28.5. The third-order valence-electron chi connectivity index (χ3n) is 15.8. The first-order chi connectivity index (χ1) is 38.6. The van der Waals surface area contributed by atoms with Crippen LogP contribution in [0.3, 0.4) is 0 Å². The van der Waals surface area contributed by atoms with E-state index >= 15 is 0 Å². The van der Waals surface area contributed by atoms with Crippen molar-refractivity contribution in [3.05, 3.63) is 263 Å². The standard InChI is InChI=1S/C76H74N4O/c1-73(2,3)54-39-40-66(60(44-54)52-33-23-16-24-34-52)80-67-38-26-37-59(70(67)79-72(80)61-45-55(74(4,5)6)46-62(71(61)81)76(10,11)12)63-47-56(75(7,8)9)48-65(78-63)69(64-43-53(41-42-77-64)49-27-17-13-18-28-49)68-57(50-29-19-14-20-30-50)35-25-36-58(68)51-31-21-15-22-32-51/h13-48,77,81H,1-12H3/b69-64+. The first kappa shape index (κ1) is 54.2. The normalized spacial score (nSPS) is 13.8. The van der Waals surface area contributed by atoms with Gasteiger partial charge in [-0.3, -0.25) is 4.57 Å². The molecule has 2 aromatic heterocycles. The number of allylic oxidation sites excluding steroid dienone is 3. The quantitative estimate of drug-likeness (QED) is 0.151. The van der Waals surface area contributed by atoms with Crippen LogP contribution in [0.15, 0.2) is 224 Å². The van der Waals surface area contributed by atoms with Crippen molar-refractivity contribution in [1.82, 2.24) is 19.9 Å². The number of fused-ring (bicyclic) bond motifs is 1. The first-order valence-electron chi connectivity index (χ1n) is 28.5. The van der Waals surface area contributed by atoms with Crippen molar-refractivity contribution in [2.75, 3.05) is 0 Å². The van der Waals surface area contributed by atoms with Crippen molar-refractivity contribution < 1.29 is 5.11 Å². The number of aromatic nitrogens is 3. The van der Waals surface area contributed by atoms with Crippen LogP contribution < -0.4 is 5.32 Å². The molecule has 11 rings (SSSR count). The highest BCUT2D eigenvalue weighted by Crippen LogP contribution is 2.48. The number of aromatic hydroxyl groups is 1. The zero-order chi connectivity index (χ0) is 57.0. The molecule has 2 N–H and O–H groups in total. The van der Waals surface area contributed by atoms with Crippen LogP contribution in [0.4, 0.5) is 0 Å². The number of pyridine rings is 1. The van der Waals surface area contributed by atoms with Crippen molar-refractivity contribution in [1.29, 1.82) is 0 Å². The molecule has 5 heteroatoms. The Hall–Kier alpha value is -8.80. The Morgan fingerprint density at radius 3 is 1.51 bits per heavy atom. The third-order valence-corrected chi connectivity index (χ3v) is 15.8. The van der Waals surface area contributed by atoms with Gasteiger partial charge in [0.15, 0.2) is 0 Å². The summed E-state index contributed by atoms with van der Waals surface area (Å²) in [5.74, 6) is 0.888. The smallest absolute Gasteiger partial charge is 0.149 e. The Bertz CT molecular complexity index is 4020. The van der Waals surface area contributed by atoms with Crippen LogP contribution >= 0.6 is 0 Å². The average Bonchev–Trinajstić information content (AvgIpc) is 4.06. The van der Waals surface area contributed by atoms with Crippen LogP contribution in [0.1, 0.15) is 122 Å². The molecule has 0 spiro atoms. The topological polar surface area (TPSA) is 63.0 Å². The van der Waals surface area contributed by atoms with Gasteiger partial charge < -0.3 is 10.4 Å². The number of hydrogen-bond acceptors (Lipinski definition) is 4. The summed E-state index contributed by atoms with van der Waals surface area (Å²) in [6, 6.07) is 71.6. The summed E-state index contributed by atoms with van der Waals surface area (Å²) in [5.41, 5.74) is 20.9. The van der Waals surface area contributed by atoms with Crippen LogP contribution in [-0.4, -0.2) is 19.6 Å².